The Morgan fingerprint density at radius 3 is 2.86 bits per heavy atom. The Kier molecular flexibility index (Phi) is 3.97. The van der Waals surface area contributed by atoms with Gasteiger partial charge in [-0.3, -0.25) is 9.36 Å². The number of rotatable bonds is 5. The number of thioether (sulfide) groups is 1. The fraction of sp³-hybridized carbons (Fsp3) is 0.133. The molecule has 0 fully saturated rings. The highest BCUT2D eigenvalue weighted by Crippen LogP contribution is 2.28. The molecule has 6 nitrogen and oxygen atoms in total. The minimum atomic E-state index is -0.900. The van der Waals surface area contributed by atoms with E-state index >= 15 is 0 Å². The van der Waals surface area contributed by atoms with Gasteiger partial charge in [-0.25, -0.2) is 0 Å². The van der Waals surface area contributed by atoms with Crippen molar-refractivity contribution in [1.82, 2.24) is 14.8 Å². The summed E-state index contributed by atoms with van der Waals surface area (Å²) in [4.78, 5) is 10.8. The number of carboxylic acids is 1. The third kappa shape index (κ3) is 2.89. The van der Waals surface area contributed by atoms with Gasteiger partial charge in [-0.05, 0) is 36.8 Å². The van der Waals surface area contributed by atoms with Gasteiger partial charge in [-0.2, -0.15) is 0 Å². The fourth-order valence-corrected chi connectivity index (χ4v) is 2.73. The topological polar surface area (TPSA) is 81.2 Å². The van der Waals surface area contributed by atoms with Crippen LogP contribution < -0.4 is 0 Å². The molecule has 0 saturated heterocycles. The second-order valence-corrected chi connectivity index (χ2v) is 5.58. The molecule has 7 heteroatoms. The Morgan fingerprint density at radius 1 is 1.32 bits per heavy atom. The minimum absolute atomic E-state index is 0.0812. The van der Waals surface area contributed by atoms with Crippen LogP contribution in [0.3, 0.4) is 0 Å². The lowest BCUT2D eigenvalue weighted by Crippen LogP contribution is -2.03. The molecule has 0 spiro atoms. The van der Waals surface area contributed by atoms with Crippen LogP contribution in [0, 0.1) is 6.92 Å². The standard InChI is InChI=1S/C15H13N3O3S/c1-10-4-2-5-11(8-10)18-14(12-6-3-7-21-12)16-17-15(18)22-9-13(19)20/h2-8H,9H2,1H3,(H,19,20). The van der Waals surface area contributed by atoms with Gasteiger partial charge in [0.25, 0.3) is 0 Å². The number of furan rings is 1. The molecule has 0 radical (unpaired) electrons. The predicted octanol–water partition coefficient (Wildman–Crippen LogP) is 3.01. The van der Waals surface area contributed by atoms with Gasteiger partial charge in [0.15, 0.2) is 10.9 Å². The van der Waals surface area contributed by atoms with Crippen molar-refractivity contribution in [1.29, 1.82) is 0 Å². The maximum absolute atomic E-state index is 10.8. The third-order valence-corrected chi connectivity index (χ3v) is 3.87. The summed E-state index contributed by atoms with van der Waals surface area (Å²) in [5.74, 6) is 0.144. The second kappa shape index (κ2) is 6.07. The number of aliphatic carboxylic acids is 1. The van der Waals surface area contributed by atoms with Gasteiger partial charge in [0.2, 0.25) is 5.82 Å². The summed E-state index contributed by atoms with van der Waals surface area (Å²) in [7, 11) is 0. The minimum Gasteiger partial charge on any atom is -0.481 e. The molecule has 0 unspecified atom stereocenters. The van der Waals surface area contributed by atoms with E-state index in [-0.39, 0.29) is 5.75 Å². The molecule has 0 amide bonds. The Bertz CT molecular complexity index is 796. The van der Waals surface area contributed by atoms with Gasteiger partial charge in [-0.1, -0.05) is 23.9 Å². The van der Waals surface area contributed by atoms with Crippen molar-refractivity contribution in [3.05, 3.63) is 48.2 Å². The zero-order valence-electron chi connectivity index (χ0n) is 11.8. The van der Waals surface area contributed by atoms with Crippen LogP contribution in [-0.2, 0) is 4.79 Å². The average molecular weight is 315 g/mol. The summed E-state index contributed by atoms with van der Waals surface area (Å²) in [5, 5.41) is 17.6. The third-order valence-electron chi connectivity index (χ3n) is 2.96. The largest absolute Gasteiger partial charge is 0.481 e. The van der Waals surface area contributed by atoms with Gasteiger partial charge in [0, 0.05) is 0 Å². The quantitative estimate of drug-likeness (QED) is 0.729. The van der Waals surface area contributed by atoms with Crippen LogP contribution in [0.1, 0.15) is 5.56 Å². The lowest BCUT2D eigenvalue weighted by Gasteiger charge is -2.09. The molecule has 3 rings (SSSR count). The molecule has 2 heterocycles. The van der Waals surface area contributed by atoms with Crippen LogP contribution in [0.25, 0.3) is 17.3 Å². The number of aromatic nitrogens is 3. The molecular weight excluding hydrogens is 302 g/mol. The Balaban J connectivity index is 2.10. The molecule has 0 atom stereocenters. The van der Waals surface area contributed by atoms with Crippen LogP contribution in [-0.4, -0.2) is 31.6 Å². The van der Waals surface area contributed by atoms with E-state index in [0.29, 0.717) is 16.7 Å². The zero-order chi connectivity index (χ0) is 15.5. The zero-order valence-corrected chi connectivity index (χ0v) is 12.6. The molecule has 2 aromatic heterocycles. The number of nitrogens with zero attached hydrogens (tertiary/aromatic N) is 3. The second-order valence-electron chi connectivity index (χ2n) is 4.64. The number of hydrogen-bond acceptors (Lipinski definition) is 5. The van der Waals surface area contributed by atoms with Gasteiger partial charge in [0.05, 0.1) is 17.7 Å². The van der Waals surface area contributed by atoms with E-state index in [1.807, 2.05) is 31.2 Å². The smallest absolute Gasteiger partial charge is 0.313 e. The molecule has 0 saturated carbocycles. The van der Waals surface area contributed by atoms with Crippen molar-refractivity contribution in [2.24, 2.45) is 0 Å². The van der Waals surface area contributed by atoms with E-state index in [1.165, 1.54) is 0 Å². The van der Waals surface area contributed by atoms with Gasteiger partial charge < -0.3 is 9.52 Å². The molecule has 3 aromatic rings. The molecule has 112 valence electrons. The highest BCUT2D eigenvalue weighted by Gasteiger charge is 2.18. The highest BCUT2D eigenvalue weighted by atomic mass is 32.2. The maximum Gasteiger partial charge on any atom is 0.313 e. The molecule has 22 heavy (non-hydrogen) atoms. The maximum atomic E-state index is 10.8. The van der Waals surface area contributed by atoms with Gasteiger partial charge >= 0.3 is 5.97 Å². The molecule has 1 N–H and O–H groups in total. The molecule has 0 aliphatic carbocycles. The van der Waals surface area contributed by atoms with E-state index in [4.69, 9.17) is 9.52 Å². The van der Waals surface area contributed by atoms with Crippen LogP contribution >= 0.6 is 11.8 Å². The van der Waals surface area contributed by atoms with Crippen molar-refractivity contribution in [2.75, 3.05) is 5.75 Å². The van der Waals surface area contributed by atoms with E-state index in [9.17, 15) is 4.79 Å². The van der Waals surface area contributed by atoms with Crippen molar-refractivity contribution >= 4 is 17.7 Å². The number of hydrogen-bond donors (Lipinski definition) is 1. The number of carbonyl (C=O) groups is 1. The summed E-state index contributed by atoms with van der Waals surface area (Å²) in [6, 6.07) is 11.4. The molecule has 0 bridgehead atoms. The first-order valence-electron chi connectivity index (χ1n) is 6.56. The fourth-order valence-electron chi connectivity index (χ4n) is 2.05. The van der Waals surface area contributed by atoms with Crippen molar-refractivity contribution in [3.8, 4) is 17.3 Å². The van der Waals surface area contributed by atoms with Crippen molar-refractivity contribution in [2.45, 2.75) is 12.1 Å². The average Bonchev–Trinajstić information content (AvgIpc) is 3.14. The monoisotopic (exact) mass is 315 g/mol. The number of carboxylic acid groups (broad SMARTS) is 1. The van der Waals surface area contributed by atoms with E-state index in [0.717, 1.165) is 23.0 Å². The van der Waals surface area contributed by atoms with Crippen molar-refractivity contribution in [3.63, 3.8) is 0 Å². The molecular formula is C15H13N3O3S. The normalized spacial score (nSPS) is 10.8. The van der Waals surface area contributed by atoms with Crippen LogP contribution in [0.15, 0.2) is 52.2 Å². The Morgan fingerprint density at radius 2 is 2.18 bits per heavy atom. The van der Waals surface area contributed by atoms with Crippen LogP contribution in [0.2, 0.25) is 0 Å². The van der Waals surface area contributed by atoms with Gasteiger partial charge in [0.1, 0.15) is 0 Å². The summed E-state index contributed by atoms with van der Waals surface area (Å²) in [5.41, 5.74) is 1.95. The molecule has 1 aromatic carbocycles. The van der Waals surface area contributed by atoms with Crippen LogP contribution in [0.5, 0.6) is 0 Å². The first kappa shape index (κ1) is 14.4. The predicted molar refractivity (Wildman–Crippen MR) is 82.2 cm³/mol. The lowest BCUT2D eigenvalue weighted by atomic mass is 10.2. The SMILES string of the molecule is Cc1cccc(-n2c(SCC(=O)O)nnc2-c2ccco2)c1. The number of benzene rings is 1. The number of aryl methyl sites for hydroxylation is 1. The van der Waals surface area contributed by atoms with E-state index in [1.54, 1.807) is 23.0 Å². The lowest BCUT2D eigenvalue weighted by molar-refractivity contribution is -0.133. The van der Waals surface area contributed by atoms with Crippen LogP contribution in [0.4, 0.5) is 0 Å². The van der Waals surface area contributed by atoms with E-state index < -0.39 is 5.97 Å². The van der Waals surface area contributed by atoms with E-state index in [2.05, 4.69) is 10.2 Å². The van der Waals surface area contributed by atoms with Gasteiger partial charge in [-0.15, -0.1) is 10.2 Å². The first-order valence-corrected chi connectivity index (χ1v) is 7.54. The summed E-state index contributed by atoms with van der Waals surface area (Å²) in [6.07, 6.45) is 1.56. The summed E-state index contributed by atoms with van der Waals surface area (Å²) in [6.45, 7) is 1.99. The molecule has 0 aliphatic heterocycles. The first-order chi connectivity index (χ1) is 10.6. The van der Waals surface area contributed by atoms with Crippen molar-refractivity contribution < 1.29 is 14.3 Å². The summed E-state index contributed by atoms with van der Waals surface area (Å²) >= 11 is 1.12. The highest BCUT2D eigenvalue weighted by molar-refractivity contribution is 7.99. The Labute approximate surface area is 130 Å². The Hall–Kier alpha value is -2.54. The summed E-state index contributed by atoms with van der Waals surface area (Å²) < 4.78 is 7.21. The molecule has 0 aliphatic rings.